The van der Waals surface area contributed by atoms with Crippen molar-refractivity contribution in [1.29, 1.82) is 0 Å². The predicted octanol–water partition coefficient (Wildman–Crippen LogP) is 6.63. The van der Waals surface area contributed by atoms with Crippen LogP contribution in [-0.4, -0.2) is 42.0 Å². The van der Waals surface area contributed by atoms with Gasteiger partial charge in [0.25, 0.3) is 0 Å². The molecule has 0 radical (unpaired) electrons. The molecule has 1 amide bonds. The van der Waals surface area contributed by atoms with Crippen LogP contribution in [0.5, 0.6) is 5.75 Å². The van der Waals surface area contributed by atoms with Crippen molar-refractivity contribution < 1.29 is 24.2 Å². The van der Waals surface area contributed by atoms with Crippen molar-refractivity contribution in [2.75, 3.05) is 23.4 Å². The highest BCUT2D eigenvalue weighted by Crippen LogP contribution is 2.29. The second-order valence-corrected chi connectivity index (χ2v) is 10.8. The molecule has 5 rings (SSSR count). The summed E-state index contributed by atoms with van der Waals surface area (Å²) < 4.78 is 5.99. The molecule has 4 aromatic rings. The van der Waals surface area contributed by atoms with Gasteiger partial charge in [-0.1, -0.05) is 85.6 Å². The van der Waals surface area contributed by atoms with Crippen molar-refractivity contribution in [3.8, 4) is 5.75 Å². The predicted molar refractivity (Wildman–Crippen MR) is 168 cm³/mol. The van der Waals surface area contributed by atoms with E-state index in [9.17, 15) is 19.5 Å². The Morgan fingerprint density at radius 3 is 2.12 bits per heavy atom. The second kappa shape index (κ2) is 14.3. The number of benzene rings is 4. The maximum Gasteiger partial charge on any atom is 0.326 e. The number of carboxylic acids is 1. The molecule has 1 saturated carbocycles. The van der Waals surface area contributed by atoms with E-state index in [2.05, 4.69) is 5.32 Å². The fourth-order valence-corrected chi connectivity index (χ4v) is 5.52. The third-order valence-electron chi connectivity index (χ3n) is 7.82. The molecule has 7 heteroatoms. The molecule has 220 valence electrons. The second-order valence-electron chi connectivity index (χ2n) is 10.8. The molecule has 1 aliphatic rings. The van der Waals surface area contributed by atoms with Crippen LogP contribution in [0.25, 0.3) is 0 Å². The molecule has 1 fully saturated rings. The van der Waals surface area contributed by atoms with Crippen molar-refractivity contribution >= 4 is 29.0 Å². The van der Waals surface area contributed by atoms with Gasteiger partial charge in [0.1, 0.15) is 18.4 Å². The van der Waals surface area contributed by atoms with Crippen LogP contribution in [0.4, 0.5) is 11.4 Å². The fraction of sp³-hybridized carbons (Fsp3) is 0.250. The van der Waals surface area contributed by atoms with Gasteiger partial charge in [0.05, 0.1) is 6.54 Å². The number of hydrogen-bond acceptors (Lipinski definition) is 5. The number of carboxylic acid groups (broad SMARTS) is 1. The summed E-state index contributed by atoms with van der Waals surface area (Å²) in [6.45, 7) is 0.769. The standard InChI is InChI=1S/C36H36N2O5/c39-34(27-11-3-1-4-12-27)31-17-9-10-18-32(31)37-33(36(41)42)25-26-19-21-30(22-20-26)43-24-23-38(29-15-5-2-6-16-29)35(40)28-13-7-8-14-28/h1-6,9-12,15-22,28,33,37H,7-8,13-14,23-25H2,(H,41,42)/t33-/m0/s1. The first-order chi connectivity index (χ1) is 21.0. The molecule has 7 nitrogen and oxygen atoms in total. The lowest BCUT2D eigenvalue weighted by atomic mass is 10.00. The van der Waals surface area contributed by atoms with E-state index in [-0.39, 0.29) is 24.0 Å². The van der Waals surface area contributed by atoms with Crippen LogP contribution in [0.15, 0.2) is 109 Å². The Hall–Kier alpha value is -4.91. The molecule has 0 aromatic heterocycles. The molecule has 0 bridgehead atoms. The summed E-state index contributed by atoms with van der Waals surface area (Å²) in [7, 11) is 0. The first-order valence-corrected chi connectivity index (χ1v) is 14.8. The third-order valence-corrected chi connectivity index (χ3v) is 7.82. The zero-order valence-electron chi connectivity index (χ0n) is 24.0. The maximum atomic E-state index is 13.2. The van der Waals surface area contributed by atoms with Crippen LogP contribution in [0.2, 0.25) is 0 Å². The number of carbonyl (C=O) groups excluding carboxylic acids is 2. The van der Waals surface area contributed by atoms with E-state index in [4.69, 9.17) is 4.74 Å². The van der Waals surface area contributed by atoms with Gasteiger partial charge < -0.3 is 20.1 Å². The van der Waals surface area contributed by atoms with Gasteiger partial charge in [0.2, 0.25) is 5.91 Å². The molecule has 2 N–H and O–H groups in total. The highest BCUT2D eigenvalue weighted by atomic mass is 16.5. The number of nitrogens with one attached hydrogen (secondary N) is 1. The van der Waals surface area contributed by atoms with Gasteiger partial charge in [0, 0.05) is 34.8 Å². The molecule has 43 heavy (non-hydrogen) atoms. The van der Waals surface area contributed by atoms with Crippen LogP contribution in [0.3, 0.4) is 0 Å². The molecule has 4 aromatic carbocycles. The Labute approximate surface area is 252 Å². The Kier molecular flexibility index (Phi) is 9.85. The minimum atomic E-state index is -1.02. The van der Waals surface area contributed by atoms with Crippen molar-refractivity contribution in [3.05, 3.63) is 126 Å². The highest BCUT2D eigenvalue weighted by Gasteiger charge is 2.28. The Morgan fingerprint density at radius 2 is 1.44 bits per heavy atom. The van der Waals surface area contributed by atoms with E-state index >= 15 is 0 Å². The molecule has 0 saturated heterocycles. The minimum Gasteiger partial charge on any atom is -0.492 e. The largest absolute Gasteiger partial charge is 0.492 e. The number of amides is 1. The molecular weight excluding hydrogens is 540 g/mol. The SMILES string of the molecule is O=C(c1ccccc1)c1ccccc1N[C@@H](Cc1ccc(OCCN(C(=O)C2CCCC2)c2ccccc2)cc1)C(=O)O. The Balaban J connectivity index is 1.20. The summed E-state index contributed by atoms with van der Waals surface area (Å²) in [5.41, 5.74) is 3.10. The van der Waals surface area contributed by atoms with E-state index < -0.39 is 12.0 Å². The molecule has 0 heterocycles. The van der Waals surface area contributed by atoms with Crippen LogP contribution < -0.4 is 15.0 Å². The minimum absolute atomic E-state index is 0.0682. The average molecular weight is 577 g/mol. The topological polar surface area (TPSA) is 95.9 Å². The third kappa shape index (κ3) is 7.68. The first-order valence-electron chi connectivity index (χ1n) is 14.8. The van der Waals surface area contributed by atoms with Gasteiger partial charge in [-0.25, -0.2) is 4.79 Å². The monoisotopic (exact) mass is 576 g/mol. The summed E-state index contributed by atoms with van der Waals surface area (Å²) >= 11 is 0. The lowest BCUT2D eigenvalue weighted by molar-refractivity contribution is -0.137. The fourth-order valence-electron chi connectivity index (χ4n) is 5.52. The van der Waals surface area contributed by atoms with Gasteiger partial charge in [-0.2, -0.15) is 0 Å². The van der Waals surface area contributed by atoms with E-state index in [1.54, 1.807) is 48.5 Å². The van der Waals surface area contributed by atoms with Gasteiger partial charge in [0.15, 0.2) is 5.78 Å². The number of anilines is 2. The molecule has 0 spiro atoms. The maximum absolute atomic E-state index is 13.2. The number of nitrogens with zero attached hydrogens (tertiary/aromatic N) is 1. The quantitative estimate of drug-likeness (QED) is 0.174. The van der Waals surface area contributed by atoms with E-state index in [0.717, 1.165) is 36.9 Å². The molecular formula is C36H36N2O5. The van der Waals surface area contributed by atoms with E-state index in [1.807, 2.05) is 65.6 Å². The number of aliphatic carboxylic acids is 1. The van der Waals surface area contributed by atoms with Crippen LogP contribution in [-0.2, 0) is 16.0 Å². The number of rotatable bonds is 13. The number of ketones is 1. The Bertz CT molecular complexity index is 1520. The van der Waals surface area contributed by atoms with Crippen molar-refractivity contribution in [3.63, 3.8) is 0 Å². The van der Waals surface area contributed by atoms with Crippen LogP contribution in [0, 0.1) is 5.92 Å². The zero-order valence-corrected chi connectivity index (χ0v) is 24.0. The smallest absolute Gasteiger partial charge is 0.326 e. The van der Waals surface area contributed by atoms with Crippen molar-refractivity contribution in [2.24, 2.45) is 5.92 Å². The van der Waals surface area contributed by atoms with Crippen LogP contribution in [0.1, 0.15) is 47.2 Å². The van der Waals surface area contributed by atoms with Gasteiger partial charge in [-0.3, -0.25) is 9.59 Å². The molecule has 1 aliphatic carbocycles. The number of carbonyl (C=O) groups is 3. The van der Waals surface area contributed by atoms with Gasteiger partial charge >= 0.3 is 5.97 Å². The summed E-state index contributed by atoms with van der Waals surface area (Å²) in [5.74, 6) is -0.329. The van der Waals surface area contributed by atoms with Crippen LogP contribution >= 0.6 is 0 Å². The Morgan fingerprint density at radius 1 is 0.814 bits per heavy atom. The van der Waals surface area contributed by atoms with E-state index in [1.165, 1.54) is 0 Å². The lowest BCUT2D eigenvalue weighted by Gasteiger charge is -2.26. The molecule has 0 aliphatic heterocycles. The first kappa shape index (κ1) is 29.6. The summed E-state index contributed by atoms with van der Waals surface area (Å²) in [6.07, 6.45) is 4.27. The van der Waals surface area contributed by atoms with Crippen molar-refractivity contribution in [2.45, 2.75) is 38.1 Å². The molecule has 1 atom stereocenters. The molecule has 0 unspecified atom stereocenters. The number of ether oxygens (including phenoxy) is 1. The summed E-state index contributed by atoms with van der Waals surface area (Å²) in [6, 6.07) is 31.9. The number of para-hydroxylation sites is 2. The zero-order chi connectivity index (χ0) is 30.0. The lowest BCUT2D eigenvalue weighted by Crippen LogP contribution is -2.38. The highest BCUT2D eigenvalue weighted by molar-refractivity contribution is 6.12. The van der Waals surface area contributed by atoms with Gasteiger partial charge in [-0.15, -0.1) is 0 Å². The summed E-state index contributed by atoms with van der Waals surface area (Å²) in [5, 5.41) is 13.0. The van der Waals surface area contributed by atoms with Gasteiger partial charge in [-0.05, 0) is 54.8 Å². The van der Waals surface area contributed by atoms with Crippen molar-refractivity contribution in [1.82, 2.24) is 0 Å². The normalized spacial score (nSPS) is 13.7. The summed E-state index contributed by atoms with van der Waals surface area (Å²) in [4.78, 5) is 40.4. The average Bonchev–Trinajstić information content (AvgIpc) is 3.59. The number of hydrogen-bond donors (Lipinski definition) is 2. The van der Waals surface area contributed by atoms with E-state index in [0.29, 0.717) is 35.7 Å².